The summed E-state index contributed by atoms with van der Waals surface area (Å²) in [6.07, 6.45) is 3.79. The summed E-state index contributed by atoms with van der Waals surface area (Å²) >= 11 is 0. The molecule has 0 aliphatic carbocycles. The number of rotatable bonds is 4. The Kier molecular flexibility index (Phi) is 5.67. The molecule has 21 heavy (non-hydrogen) atoms. The highest BCUT2D eigenvalue weighted by molar-refractivity contribution is 5.45. The number of hydrogen-bond donors (Lipinski definition) is 1. The minimum atomic E-state index is 0.392. The van der Waals surface area contributed by atoms with Gasteiger partial charge in [0.25, 0.3) is 0 Å². The minimum Gasteiger partial charge on any atom is -0.497 e. The van der Waals surface area contributed by atoms with Gasteiger partial charge in [-0.05, 0) is 49.9 Å². The lowest BCUT2D eigenvalue weighted by molar-refractivity contribution is 0.189. The molecule has 1 aromatic rings. The molecule has 3 heteroatoms. The van der Waals surface area contributed by atoms with E-state index in [0.29, 0.717) is 18.6 Å². The predicted molar refractivity (Wildman–Crippen MR) is 87.2 cm³/mol. The van der Waals surface area contributed by atoms with Crippen LogP contribution >= 0.6 is 0 Å². The van der Waals surface area contributed by atoms with Crippen LogP contribution in [0.1, 0.15) is 44.2 Å². The van der Waals surface area contributed by atoms with Gasteiger partial charge in [-0.2, -0.15) is 0 Å². The van der Waals surface area contributed by atoms with Crippen LogP contribution in [0.15, 0.2) is 18.2 Å². The van der Waals surface area contributed by atoms with Crippen molar-refractivity contribution in [3.05, 3.63) is 29.3 Å². The fourth-order valence-corrected chi connectivity index (χ4v) is 3.14. The van der Waals surface area contributed by atoms with Crippen LogP contribution in [-0.2, 0) is 6.54 Å². The van der Waals surface area contributed by atoms with Crippen LogP contribution in [0.2, 0.25) is 0 Å². The zero-order chi connectivity index (χ0) is 15.2. The van der Waals surface area contributed by atoms with Gasteiger partial charge in [0.1, 0.15) is 5.75 Å². The Labute approximate surface area is 128 Å². The van der Waals surface area contributed by atoms with Crippen molar-refractivity contribution in [1.82, 2.24) is 4.90 Å². The van der Waals surface area contributed by atoms with E-state index in [1.54, 1.807) is 7.11 Å². The van der Waals surface area contributed by atoms with Gasteiger partial charge in [-0.3, -0.25) is 4.90 Å². The van der Waals surface area contributed by atoms with Crippen LogP contribution in [0, 0.1) is 11.8 Å². The number of likely N-dealkylation sites (tertiary alicyclic amines) is 1. The Morgan fingerprint density at radius 2 is 2.19 bits per heavy atom. The monoisotopic (exact) mass is 286 g/mol. The van der Waals surface area contributed by atoms with Gasteiger partial charge in [0.05, 0.1) is 13.7 Å². The minimum absolute atomic E-state index is 0.392. The maximum absolute atomic E-state index is 5.50. The van der Waals surface area contributed by atoms with Gasteiger partial charge >= 0.3 is 0 Å². The Hall–Kier alpha value is -1.50. The molecular formula is C18H26N2O. The summed E-state index contributed by atoms with van der Waals surface area (Å²) in [6, 6.07) is 7.43. The van der Waals surface area contributed by atoms with Gasteiger partial charge in [0.15, 0.2) is 0 Å². The Morgan fingerprint density at radius 3 is 2.86 bits per heavy atom. The first kappa shape index (κ1) is 15.9. The first-order valence-corrected chi connectivity index (χ1v) is 7.81. The molecule has 0 bridgehead atoms. The summed E-state index contributed by atoms with van der Waals surface area (Å²) in [5, 5.41) is 0. The molecule has 114 valence electrons. The topological polar surface area (TPSA) is 38.5 Å². The lowest BCUT2D eigenvalue weighted by atomic mass is 10.1. The van der Waals surface area contributed by atoms with Gasteiger partial charge in [-0.15, -0.1) is 0 Å². The second-order valence-corrected chi connectivity index (χ2v) is 5.69. The summed E-state index contributed by atoms with van der Waals surface area (Å²) in [5.41, 5.74) is 7.81. The summed E-state index contributed by atoms with van der Waals surface area (Å²) in [7, 11) is 1.71. The van der Waals surface area contributed by atoms with Crippen molar-refractivity contribution in [2.75, 3.05) is 13.7 Å². The zero-order valence-electron chi connectivity index (χ0n) is 13.4. The van der Waals surface area contributed by atoms with E-state index in [9.17, 15) is 0 Å². The van der Waals surface area contributed by atoms with E-state index in [1.807, 2.05) is 12.1 Å². The van der Waals surface area contributed by atoms with E-state index in [4.69, 9.17) is 10.5 Å². The fraction of sp³-hybridized carbons (Fsp3) is 0.556. The number of methoxy groups -OCH3 is 1. The molecule has 2 N–H and O–H groups in total. The first-order valence-electron chi connectivity index (χ1n) is 7.81. The number of benzene rings is 1. The quantitative estimate of drug-likeness (QED) is 0.865. The molecule has 1 fully saturated rings. The van der Waals surface area contributed by atoms with Crippen molar-refractivity contribution in [3.63, 3.8) is 0 Å². The molecule has 2 rings (SSSR count). The summed E-state index contributed by atoms with van der Waals surface area (Å²) in [4.78, 5) is 2.60. The Morgan fingerprint density at radius 1 is 1.38 bits per heavy atom. The summed E-state index contributed by atoms with van der Waals surface area (Å²) in [5.74, 6) is 7.04. The Bertz CT molecular complexity index is 530. The van der Waals surface area contributed by atoms with Crippen LogP contribution in [0.3, 0.4) is 0 Å². The van der Waals surface area contributed by atoms with Gasteiger partial charge in [-0.1, -0.05) is 18.8 Å². The normalized spacial score (nSPS) is 21.9. The third-order valence-electron chi connectivity index (χ3n) is 4.41. The van der Waals surface area contributed by atoms with Crippen molar-refractivity contribution in [3.8, 4) is 17.6 Å². The first-order chi connectivity index (χ1) is 10.2. The van der Waals surface area contributed by atoms with E-state index in [-0.39, 0.29) is 0 Å². The van der Waals surface area contributed by atoms with Gasteiger partial charge in [-0.25, -0.2) is 0 Å². The molecule has 3 nitrogen and oxygen atoms in total. The third kappa shape index (κ3) is 3.78. The van der Waals surface area contributed by atoms with Crippen molar-refractivity contribution in [2.45, 2.75) is 51.7 Å². The molecule has 1 aliphatic heterocycles. The molecule has 0 aromatic heterocycles. The lowest BCUT2D eigenvalue weighted by Crippen LogP contribution is -2.33. The number of nitrogens with two attached hydrogens (primary N) is 1. The summed E-state index contributed by atoms with van der Waals surface area (Å²) < 4.78 is 5.37. The molecule has 1 saturated heterocycles. The molecule has 0 amide bonds. The standard InChI is InChI=1S/C18H26N2O/c1-4-17-9-7-14(2)20(17)13-16-12-18(21-3)10-8-15(16)6-5-11-19/h8,10,12,14,17H,4,7,9,11,13,19H2,1-3H3. The van der Waals surface area contributed by atoms with Gasteiger partial charge in [0.2, 0.25) is 0 Å². The van der Waals surface area contributed by atoms with Gasteiger partial charge < -0.3 is 10.5 Å². The molecule has 0 saturated carbocycles. The van der Waals surface area contributed by atoms with Crippen LogP contribution in [0.25, 0.3) is 0 Å². The largest absolute Gasteiger partial charge is 0.497 e. The zero-order valence-corrected chi connectivity index (χ0v) is 13.4. The molecule has 2 unspecified atom stereocenters. The highest BCUT2D eigenvalue weighted by atomic mass is 16.5. The molecule has 1 aromatic carbocycles. The molecule has 2 atom stereocenters. The van der Waals surface area contributed by atoms with Crippen molar-refractivity contribution in [1.29, 1.82) is 0 Å². The number of nitrogens with zero attached hydrogens (tertiary/aromatic N) is 1. The van der Waals surface area contributed by atoms with Gasteiger partial charge in [0, 0.05) is 24.2 Å². The second kappa shape index (κ2) is 7.49. The van der Waals surface area contributed by atoms with Crippen molar-refractivity contribution >= 4 is 0 Å². The average Bonchev–Trinajstić information content (AvgIpc) is 2.86. The fourth-order valence-electron chi connectivity index (χ4n) is 3.14. The van der Waals surface area contributed by atoms with E-state index < -0.39 is 0 Å². The second-order valence-electron chi connectivity index (χ2n) is 5.69. The van der Waals surface area contributed by atoms with Crippen LogP contribution in [-0.4, -0.2) is 30.6 Å². The number of hydrogen-bond acceptors (Lipinski definition) is 3. The van der Waals surface area contributed by atoms with E-state index in [1.165, 1.54) is 24.8 Å². The van der Waals surface area contributed by atoms with E-state index in [0.717, 1.165) is 17.9 Å². The van der Waals surface area contributed by atoms with Crippen LogP contribution in [0.4, 0.5) is 0 Å². The highest BCUT2D eigenvalue weighted by Crippen LogP contribution is 2.29. The molecular weight excluding hydrogens is 260 g/mol. The van der Waals surface area contributed by atoms with Crippen LogP contribution in [0.5, 0.6) is 5.75 Å². The average molecular weight is 286 g/mol. The predicted octanol–water partition coefficient (Wildman–Crippen LogP) is 2.77. The van der Waals surface area contributed by atoms with E-state index in [2.05, 4.69) is 36.7 Å². The van der Waals surface area contributed by atoms with Crippen molar-refractivity contribution < 1.29 is 4.74 Å². The molecule has 1 heterocycles. The highest BCUT2D eigenvalue weighted by Gasteiger charge is 2.29. The maximum atomic E-state index is 5.50. The van der Waals surface area contributed by atoms with Crippen molar-refractivity contribution in [2.24, 2.45) is 5.73 Å². The molecule has 0 radical (unpaired) electrons. The smallest absolute Gasteiger partial charge is 0.119 e. The third-order valence-corrected chi connectivity index (χ3v) is 4.41. The number of ether oxygens (including phenoxy) is 1. The molecule has 0 spiro atoms. The maximum Gasteiger partial charge on any atom is 0.119 e. The Balaban J connectivity index is 2.27. The summed E-state index contributed by atoms with van der Waals surface area (Å²) in [6.45, 7) is 5.92. The van der Waals surface area contributed by atoms with E-state index >= 15 is 0 Å². The SMILES string of the molecule is CCC1CCC(C)N1Cc1cc(OC)ccc1C#CCN. The lowest BCUT2D eigenvalue weighted by Gasteiger charge is -2.28. The molecule has 1 aliphatic rings. The van der Waals surface area contributed by atoms with Crippen LogP contribution < -0.4 is 10.5 Å².